The van der Waals surface area contributed by atoms with Crippen molar-refractivity contribution >= 4 is 29.7 Å². The van der Waals surface area contributed by atoms with Crippen LogP contribution in [-0.4, -0.2) is 44.0 Å². The second-order valence-corrected chi connectivity index (χ2v) is 6.12. The first-order valence-corrected chi connectivity index (χ1v) is 8.18. The molecule has 140 valence electrons. The number of nitrogens with zero attached hydrogens (tertiary/aromatic N) is 2. The Balaban J connectivity index is 1.74. The number of urea groups is 1. The zero-order valence-corrected chi connectivity index (χ0v) is 15.2. The molecule has 0 unspecified atom stereocenters. The number of imide groups is 1. The van der Waals surface area contributed by atoms with E-state index in [-0.39, 0.29) is 18.0 Å². The Labute approximate surface area is 156 Å². The summed E-state index contributed by atoms with van der Waals surface area (Å²) in [7, 11) is 5.11. The number of furan rings is 1. The molecule has 2 heterocycles. The maximum absolute atomic E-state index is 12.5. The number of anilines is 1. The van der Waals surface area contributed by atoms with E-state index in [1.54, 1.807) is 6.08 Å². The predicted molar refractivity (Wildman–Crippen MR) is 97.9 cm³/mol. The van der Waals surface area contributed by atoms with Crippen LogP contribution < -0.4 is 10.2 Å². The molecule has 1 aliphatic rings. The first-order valence-electron chi connectivity index (χ1n) is 8.18. The maximum atomic E-state index is 12.5. The fourth-order valence-corrected chi connectivity index (χ4v) is 2.58. The zero-order chi connectivity index (χ0) is 19.6. The Bertz CT molecular complexity index is 912. The minimum atomic E-state index is -0.625. The molecule has 8 heteroatoms. The molecule has 0 atom stereocenters. The Hall–Kier alpha value is -3.55. The minimum absolute atomic E-state index is 0.0105. The average molecular weight is 369 g/mol. The molecular formula is C19H19N3O5. The van der Waals surface area contributed by atoms with Crippen molar-refractivity contribution in [2.75, 3.05) is 26.1 Å². The quantitative estimate of drug-likeness (QED) is 0.494. The van der Waals surface area contributed by atoms with Gasteiger partial charge in [-0.05, 0) is 35.9 Å². The molecule has 0 bridgehead atoms. The van der Waals surface area contributed by atoms with Gasteiger partial charge in [0.05, 0.1) is 13.7 Å². The number of benzene rings is 1. The fraction of sp³-hybridized carbons (Fsp3) is 0.211. The lowest BCUT2D eigenvalue weighted by Gasteiger charge is -2.11. The molecule has 1 aliphatic heterocycles. The molecule has 0 spiro atoms. The Morgan fingerprint density at radius 1 is 1.19 bits per heavy atom. The van der Waals surface area contributed by atoms with Crippen molar-refractivity contribution in [3.63, 3.8) is 0 Å². The topological polar surface area (TPSA) is 92.1 Å². The second kappa shape index (κ2) is 7.36. The molecule has 1 aromatic carbocycles. The van der Waals surface area contributed by atoms with Gasteiger partial charge in [0.25, 0.3) is 5.91 Å². The first kappa shape index (κ1) is 18.2. The Kier molecular flexibility index (Phi) is 4.98. The summed E-state index contributed by atoms with van der Waals surface area (Å²) in [5.41, 5.74) is 1.99. The van der Waals surface area contributed by atoms with Gasteiger partial charge in [0.2, 0.25) is 5.76 Å². The highest BCUT2D eigenvalue weighted by Crippen LogP contribution is 2.20. The monoisotopic (exact) mass is 369 g/mol. The van der Waals surface area contributed by atoms with Crippen molar-refractivity contribution in [3.8, 4) is 0 Å². The van der Waals surface area contributed by atoms with Gasteiger partial charge in [-0.25, -0.2) is 9.59 Å². The van der Waals surface area contributed by atoms with Crippen LogP contribution >= 0.6 is 0 Å². The third-order valence-electron chi connectivity index (χ3n) is 4.04. The van der Waals surface area contributed by atoms with E-state index >= 15 is 0 Å². The van der Waals surface area contributed by atoms with Crippen LogP contribution in [-0.2, 0) is 16.1 Å². The van der Waals surface area contributed by atoms with Crippen LogP contribution in [0.2, 0.25) is 0 Å². The van der Waals surface area contributed by atoms with Gasteiger partial charge in [0.15, 0.2) is 0 Å². The normalized spacial score (nSPS) is 15.2. The molecule has 0 saturated carbocycles. The van der Waals surface area contributed by atoms with Crippen LogP contribution in [0.4, 0.5) is 10.5 Å². The van der Waals surface area contributed by atoms with Gasteiger partial charge in [-0.1, -0.05) is 12.1 Å². The van der Waals surface area contributed by atoms with Gasteiger partial charge in [-0.15, -0.1) is 0 Å². The van der Waals surface area contributed by atoms with E-state index in [0.29, 0.717) is 5.76 Å². The Morgan fingerprint density at radius 3 is 2.52 bits per heavy atom. The van der Waals surface area contributed by atoms with Gasteiger partial charge in [0.1, 0.15) is 11.5 Å². The average Bonchev–Trinajstić information content (AvgIpc) is 3.22. The fourth-order valence-electron chi connectivity index (χ4n) is 2.58. The third kappa shape index (κ3) is 3.84. The lowest BCUT2D eigenvalue weighted by atomic mass is 10.1. The summed E-state index contributed by atoms with van der Waals surface area (Å²) in [6.45, 7) is -0.0848. The molecule has 1 aromatic heterocycles. The SMILES string of the molecule is COC(=O)c1ccc(CN2C(=O)N/C(=C\c3ccc(N(C)C)cc3)C2=O)o1. The van der Waals surface area contributed by atoms with E-state index in [2.05, 4.69) is 10.1 Å². The van der Waals surface area contributed by atoms with Crippen molar-refractivity contribution < 1.29 is 23.5 Å². The summed E-state index contributed by atoms with van der Waals surface area (Å²) in [5, 5.41) is 2.56. The molecule has 0 radical (unpaired) electrons. The number of amides is 3. The number of carbonyl (C=O) groups excluding carboxylic acids is 3. The molecule has 3 rings (SSSR count). The molecule has 1 fully saturated rings. The molecule has 1 saturated heterocycles. The largest absolute Gasteiger partial charge is 0.463 e. The van der Waals surface area contributed by atoms with Crippen LogP contribution in [0.1, 0.15) is 21.9 Å². The summed E-state index contributed by atoms with van der Waals surface area (Å²) in [4.78, 5) is 39.1. The van der Waals surface area contributed by atoms with E-state index in [1.807, 2.05) is 43.3 Å². The van der Waals surface area contributed by atoms with E-state index in [0.717, 1.165) is 16.2 Å². The van der Waals surface area contributed by atoms with E-state index in [1.165, 1.54) is 19.2 Å². The van der Waals surface area contributed by atoms with Crippen molar-refractivity contribution in [1.29, 1.82) is 0 Å². The highest BCUT2D eigenvalue weighted by molar-refractivity contribution is 6.13. The number of carbonyl (C=O) groups is 3. The predicted octanol–water partition coefficient (Wildman–Crippen LogP) is 2.23. The summed E-state index contributed by atoms with van der Waals surface area (Å²) in [5.74, 6) is -0.778. The van der Waals surface area contributed by atoms with Gasteiger partial charge >= 0.3 is 12.0 Å². The smallest absolute Gasteiger partial charge is 0.373 e. The lowest BCUT2D eigenvalue weighted by Crippen LogP contribution is -2.30. The van der Waals surface area contributed by atoms with Gasteiger partial charge in [-0.2, -0.15) is 0 Å². The lowest BCUT2D eigenvalue weighted by molar-refractivity contribution is -0.123. The molecule has 27 heavy (non-hydrogen) atoms. The molecule has 1 N–H and O–H groups in total. The van der Waals surface area contributed by atoms with Gasteiger partial charge < -0.3 is 19.4 Å². The van der Waals surface area contributed by atoms with Crippen molar-refractivity contribution in [2.24, 2.45) is 0 Å². The zero-order valence-electron chi connectivity index (χ0n) is 15.2. The highest BCUT2D eigenvalue weighted by Gasteiger charge is 2.34. The number of esters is 1. The van der Waals surface area contributed by atoms with Crippen LogP contribution in [0, 0.1) is 0 Å². The first-order chi connectivity index (χ1) is 12.9. The van der Waals surface area contributed by atoms with Crippen LogP contribution in [0.15, 0.2) is 46.5 Å². The van der Waals surface area contributed by atoms with E-state index in [9.17, 15) is 14.4 Å². The Morgan fingerprint density at radius 2 is 1.89 bits per heavy atom. The second-order valence-electron chi connectivity index (χ2n) is 6.12. The van der Waals surface area contributed by atoms with Crippen LogP contribution in [0.3, 0.4) is 0 Å². The third-order valence-corrected chi connectivity index (χ3v) is 4.04. The van der Waals surface area contributed by atoms with E-state index < -0.39 is 17.9 Å². The van der Waals surface area contributed by atoms with Crippen molar-refractivity contribution in [3.05, 3.63) is 59.2 Å². The van der Waals surface area contributed by atoms with Crippen LogP contribution in [0.5, 0.6) is 0 Å². The number of nitrogens with one attached hydrogen (secondary N) is 1. The number of ether oxygens (including phenoxy) is 1. The number of hydrogen-bond donors (Lipinski definition) is 1. The number of methoxy groups -OCH3 is 1. The summed E-state index contributed by atoms with van der Waals surface area (Å²) >= 11 is 0. The van der Waals surface area contributed by atoms with Gasteiger partial charge in [-0.3, -0.25) is 9.69 Å². The van der Waals surface area contributed by atoms with Crippen molar-refractivity contribution in [2.45, 2.75) is 6.54 Å². The van der Waals surface area contributed by atoms with Crippen molar-refractivity contribution in [1.82, 2.24) is 10.2 Å². The maximum Gasteiger partial charge on any atom is 0.373 e. The van der Waals surface area contributed by atoms with E-state index in [4.69, 9.17) is 4.42 Å². The standard InChI is InChI=1S/C19H19N3O5/c1-21(2)13-6-4-12(5-7-13)10-15-17(23)22(19(25)20-15)11-14-8-9-16(27-14)18(24)26-3/h4-10H,11H2,1-3H3,(H,20,25)/b15-10-. The van der Waals surface area contributed by atoms with Gasteiger partial charge in [0, 0.05) is 19.8 Å². The molecule has 0 aliphatic carbocycles. The summed E-state index contributed by atoms with van der Waals surface area (Å²) < 4.78 is 9.88. The number of rotatable bonds is 5. The minimum Gasteiger partial charge on any atom is -0.463 e. The molecule has 8 nitrogen and oxygen atoms in total. The summed E-state index contributed by atoms with van der Waals surface area (Å²) in [6, 6.07) is 9.97. The molecular weight excluding hydrogens is 350 g/mol. The summed E-state index contributed by atoms with van der Waals surface area (Å²) in [6.07, 6.45) is 1.61. The highest BCUT2D eigenvalue weighted by atomic mass is 16.5. The molecule has 3 amide bonds. The number of hydrogen-bond acceptors (Lipinski definition) is 6. The van der Waals surface area contributed by atoms with Crippen LogP contribution in [0.25, 0.3) is 6.08 Å². The molecule has 2 aromatic rings.